The SMILES string of the molecule is COc1ccccc1[C@H]1CC(=O)C2=C(C1)NC(C)=C(C(=O)OCc1ccc(OC)c(S(C)(=O)=O)c1)C2. The summed E-state index contributed by atoms with van der Waals surface area (Å²) < 4.78 is 40.2. The summed E-state index contributed by atoms with van der Waals surface area (Å²) in [7, 11) is -0.512. The lowest BCUT2D eigenvalue weighted by molar-refractivity contribution is -0.140. The van der Waals surface area contributed by atoms with Crippen LogP contribution in [0.3, 0.4) is 0 Å². The fourth-order valence-corrected chi connectivity index (χ4v) is 5.57. The van der Waals surface area contributed by atoms with Crippen LogP contribution < -0.4 is 14.8 Å². The average Bonchev–Trinajstić information content (AvgIpc) is 2.86. The summed E-state index contributed by atoms with van der Waals surface area (Å²) in [5.41, 5.74) is 3.95. The number of dihydropyridines is 1. The molecule has 1 aliphatic carbocycles. The number of esters is 1. The topological polar surface area (TPSA) is 108 Å². The van der Waals surface area contributed by atoms with Crippen molar-refractivity contribution in [3.05, 3.63) is 76.1 Å². The van der Waals surface area contributed by atoms with Gasteiger partial charge < -0.3 is 19.5 Å². The molecule has 0 saturated carbocycles. The van der Waals surface area contributed by atoms with E-state index < -0.39 is 15.8 Å². The first kappa shape index (κ1) is 25.5. The maximum absolute atomic E-state index is 13.1. The van der Waals surface area contributed by atoms with Crippen LogP contribution in [0.5, 0.6) is 11.5 Å². The lowest BCUT2D eigenvalue weighted by Gasteiger charge is -2.32. The molecule has 2 aromatic carbocycles. The summed E-state index contributed by atoms with van der Waals surface area (Å²) in [5.74, 6) is 0.405. The van der Waals surface area contributed by atoms with E-state index in [0.717, 1.165) is 23.3 Å². The van der Waals surface area contributed by atoms with Crippen molar-refractivity contribution in [2.24, 2.45) is 0 Å². The van der Waals surface area contributed by atoms with Gasteiger partial charge in [-0.1, -0.05) is 24.3 Å². The minimum Gasteiger partial charge on any atom is -0.496 e. The van der Waals surface area contributed by atoms with Gasteiger partial charge in [0.15, 0.2) is 15.6 Å². The van der Waals surface area contributed by atoms with E-state index >= 15 is 0 Å². The molecular weight excluding hydrogens is 482 g/mol. The van der Waals surface area contributed by atoms with Crippen LogP contribution in [0.25, 0.3) is 0 Å². The van der Waals surface area contributed by atoms with Gasteiger partial charge in [0.2, 0.25) is 0 Å². The highest BCUT2D eigenvalue weighted by atomic mass is 32.2. The highest BCUT2D eigenvalue weighted by Crippen LogP contribution is 2.41. The molecule has 4 rings (SSSR count). The van der Waals surface area contributed by atoms with E-state index in [4.69, 9.17) is 14.2 Å². The normalized spacial score (nSPS) is 17.9. The molecule has 0 fully saturated rings. The highest BCUT2D eigenvalue weighted by molar-refractivity contribution is 7.90. The highest BCUT2D eigenvalue weighted by Gasteiger charge is 2.34. The van der Waals surface area contributed by atoms with Crippen LogP contribution in [0.15, 0.2) is 69.9 Å². The maximum Gasteiger partial charge on any atom is 0.336 e. The van der Waals surface area contributed by atoms with Crippen molar-refractivity contribution in [3.8, 4) is 11.5 Å². The van der Waals surface area contributed by atoms with Gasteiger partial charge in [0.25, 0.3) is 0 Å². The predicted octanol–water partition coefficient (Wildman–Crippen LogP) is 3.82. The van der Waals surface area contributed by atoms with Crippen molar-refractivity contribution in [1.82, 2.24) is 5.32 Å². The number of carbonyl (C=O) groups is 2. The standard InChI is InChI=1S/C27H29NO7S/c1-16-20(27(30)35-15-17-9-10-25(34-3)26(11-17)36(4,31)32)14-21-22(28-16)12-18(13-23(21)29)19-7-5-6-8-24(19)33-2/h5-11,18,28H,12-15H2,1-4H3/t18-/m1/s1. The number of ether oxygens (including phenoxy) is 3. The molecule has 8 nitrogen and oxygen atoms in total. The summed E-state index contributed by atoms with van der Waals surface area (Å²) in [6, 6.07) is 12.3. The Hall–Kier alpha value is -3.59. The van der Waals surface area contributed by atoms with Crippen molar-refractivity contribution >= 4 is 21.6 Å². The molecule has 0 aromatic heterocycles. The number of methoxy groups -OCH3 is 2. The number of rotatable bonds is 7. The Morgan fingerprint density at radius 2 is 1.78 bits per heavy atom. The third kappa shape index (κ3) is 5.16. The number of carbonyl (C=O) groups excluding carboxylic acids is 2. The molecule has 1 heterocycles. The van der Waals surface area contributed by atoms with E-state index in [1.807, 2.05) is 24.3 Å². The van der Waals surface area contributed by atoms with Crippen LogP contribution in [0.2, 0.25) is 0 Å². The Labute approximate surface area is 210 Å². The van der Waals surface area contributed by atoms with Crippen molar-refractivity contribution in [2.75, 3.05) is 20.5 Å². The summed E-state index contributed by atoms with van der Waals surface area (Å²) in [6.45, 7) is 1.67. The van der Waals surface area contributed by atoms with Crippen LogP contribution in [-0.2, 0) is 30.8 Å². The Morgan fingerprint density at radius 1 is 1.06 bits per heavy atom. The molecule has 0 radical (unpaired) electrons. The van der Waals surface area contributed by atoms with Gasteiger partial charge in [-0.25, -0.2) is 13.2 Å². The third-order valence-corrected chi connectivity index (χ3v) is 7.67. The summed E-state index contributed by atoms with van der Waals surface area (Å²) in [4.78, 5) is 26.0. The Bertz CT molecular complexity index is 1390. The Kier molecular flexibility index (Phi) is 7.21. The Balaban J connectivity index is 1.47. The first-order chi connectivity index (χ1) is 17.1. The number of benzene rings is 2. The van der Waals surface area contributed by atoms with Gasteiger partial charge in [0.05, 0.1) is 19.8 Å². The van der Waals surface area contributed by atoms with Gasteiger partial charge in [-0.05, 0) is 42.7 Å². The van der Waals surface area contributed by atoms with Crippen LogP contribution in [0, 0.1) is 0 Å². The molecule has 1 atom stereocenters. The van der Waals surface area contributed by atoms with E-state index in [-0.39, 0.29) is 35.4 Å². The molecule has 0 amide bonds. The fraction of sp³-hybridized carbons (Fsp3) is 0.333. The predicted molar refractivity (Wildman–Crippen MR) is 133 cm³/mol. The summed E-state index contributed by atoms with van der Waals surface area (Å²) in [6.07, 6.45) is 2.26. The van der Waals surface area contributed by atoms with Gasteiger partial charge in [-0.2, -0.15) is 0 Å². The smallest absolute Gasteiger partial charge is 0.336 e. The zero-order chi connectivity index (χ0) is 26.0. The van der Waals surface area contributed by atoms with Gasteiger partial charge in [-0.15, -0.1) is 0 Å². The fourth-order valence-electron chi connectivity index (χ4n) is 4.69. The lowest BCUT2D eigenvalue weighted by atomic mass is 9.78. The van der Waals surface area contributed by atoms with Crippen molar-refractivity contribution in [1.29, 1.82) is 0 Å². The summed E-state index contributed by atoms with van der Waals surface area (Å²) >= 11 is 0. The maximum atomic E-state index is 13.1. The van der Waals surface area contributed by atoms with Crippen LogP contribution in [0.1, 0.15) is 43.2 Å². The van der Waals surface area contributed by atoms with E-state index in [2.05, 4.69) is 5.32 Å². The second kappa shape index (κ2) is 10.2. The molecule has 2 aromatic rings. The molecule has 1 N–H and O–H groups in total. The molecule has 190 valence electrons. The van der Waals surface area contributed by atoms with Crippen LogP contribution in [0.4, 0.5) is 0 Å². The number of para-hydroxylation sites is 1. The number of hydrogen-bond donors (Lipinski definition) is 1. The molecule has 2 aliphatic rings. The van der Waals surface area contributed by atoms with E-state index in [1.165, 1.54) is 19.2 Å². The van der Waals surface area contributed by atoms with Crippen LogP contribution in [-0.4, -0.2) is 40.6 Å². The number of allylic oxidation sites excluding steroid dienone is 3. The third-order valence-electron chi connectivity index (χ3n) is 6.55. The van der Waals surface area contributed by atoms with Gasteiger partial charge in [0.1, 0.15) is 23.0 Å². The number of hydrogen-bond acceptors (Lipinski definition) is 8. The monoisotopic (exact) mass is 511 g/mol. The quantitative estimate of drug-likeness (QED) is 0.559. The molecule has 36 heavy (non-hydrogen) atoms. The van der Waals surface area contributed by atoms with E-state index in [0.29, 0.717) is 35.2 Å². The number of nitrogens with one attached hydrogen (secondary N) is 1. The first-order valence-electron chi connectivity index (χ1n) is 11.5. The van der Waals surface area contributed by atoms with Crippen LogP contribution >= 0.6 is 0 Å². The molecule has 9 heteroatoms. The van der Waals surface area contributed by atoms with Gasteiger partial charge >= 0.3 is 5.97 Å². The van der Waals surface area contributed by atoms with E-state index in [9.17, 15) is 18.0 Å². The average molecular weight is 512 g/mol. The second-order valence-corrected chi connectivity index (χ2v) is 11.0. The zero-order valence-corrected chi connectivity index (χ0v) is 21.5. The largest absolute Gasteiger partial charge is 0.496 e. The van der Waals surface area contributed by atoms with Crippen molar-refractivity contribution in [2.45, 2.75) is 43.6 Å². The number of Topliss-reactive ketones (excluding diaryl/α,β-unsaturated/α-hetero) is 1. The Morgan fingerprint density at radius 3 is 2.47 bits per heavy atom. The first-order valence-corrected chi connectivity index (χ1v) is 13.4. The number of sulfone groups is 1. The van der Waals surface area contributed by atoms with E-state index in [1.54, 1.807) is 20.1 Å². The summed E-state index contributed by atoms with van der Waals surface area (Å²) in [5, 5.41) is 3.26. The molecule has 1 aliphatic heterocycles. The second-order valence-electron chi connectivity index (χ2n) is 8.97. The molecule has 0 saturated heterocycles. The van der Waals surface area contributed by atoms with Gasteiger partial charge in [-0.3, -0.25) is 4.79 Å². The molecule has 0 bridgehead atoms. The number of ketones is 1. The molecule has 0 unspecified atom stereocenters. The minimum absolute atomic E-state index is 0.00888. The van der Waals surface area contributed by atoms with Crippen molar-refractivity contribution in [3.63, 3.8) is 0 Å². The lowest BCUT2D eigenvalue weighted by Crippen LogP contribution is -2.31. The van der Waals surface area contributed by atoms with Gasteiger partial charge in [0, 0.05) is 42.0 Å². The van der Waals surface area contributed by atoms with Crippen molar-refractivity contribution < 1.29 is 32.2 Å². The zero-order valence-electron chi connectivity index (χ0n) is 20.7. The molecule has 0 spiro atoms. The minimum atomic E-state index is -3.52. The molecular formula is C27H29NO7S.